The van der Waals surface area contributed by atoms with Gasteiger partial charge in [-0.25, -0.2) is 4.98 Å². The Hall–Kier alpha value is -3.36. The van der Waals surface area contributed by atoms with Crippen LogP contribution in [0.1, 0.15) is 11.7 Å². The monoisotopic (exact) mass is 296 g/mol. The lowest BCUT2D eigenvalue weighted by Gasteiger charge is -1.91. The van der Waals surface area contributed by atoms with Crippen LogP contribution in [0.5, 0.6) is 0 Å². The van der Waals surface area contributed by atoms with Crippen LogP contribution in [0.25, 0.3) is 22.2 Å². The lowest BCUT2D eigenvalue weighted by molar-refractivity contribution is 0.0924. The minimum atomic E-state index is -0.162. The summed E-state index contributed by atoms with van der Waals surface area (Å²) in [5.41, 5.74) is 2.81. The van der Waals surface area contributed by atoms with Crippen molar-refractivity contribution in [1.82, 2.24) is 35.1 Å². The summed E-state index contributed by atoms with van der Waals surface area (Å²) in [5.74, 6) is 5.26. The fourth-order valence-corrected chi connectivity index (χ4v) is 1.89. The van der Waals surface area contributed by atoms with Crippen molar-refractivity contribution in [3.05, 3.63) is 42.6 Å². The number of nitrogen functional groups attached to an aromatic ring is 1. The molecule has 9 nitrogen and oxygen atoms in total. The average Bonchev–Trinajstić information content (AvgIpc) is 3.13. The van der Waals surface area contributed by atoms with Gasteiger partial charge in [0.1, 0.15) is 16.6 Å². The summed E-state index contributed by atoms with van der Waals surface area (Å²) in [4.78, 5) is 16.2. The van der Waals surface area contributed by atoms with E-state index in [0.717, 1.165) is 11.0 Å². The number of nitrogens with two attached hydrogens (primary N) is 1. The van der Waals surface area contributed by atoms with Crippen LogP contribution >= 0.6 is 0 Å². The number of benzene rings is 1. The molecule has 4 rings (SSSR count). The SMILES string of the molecule is CC(=O)n1nnc2ncccc21.Nn1nnc2ccccc21. The van der Waals surface area contributed by atoms with E-state index >= 15 is 0 Å². The lowest BCUT2D eigenvalue weighted by atomic mass is 10.3. The van der Waals surface area contributed by atoms with Crippen molar-refractivity contribution in [3.8, 4) is 0 Å². The number of carbonyl (C=O) groups excluding carboxylic acids is 1. The van der Waals surface area contributed by atoms with Gasteiger partial charge in [-0.05, 0) is 29.5 Å². The van der Waals surface area contributed by atoms with Gasteiger partial charge in [-0.15, -0.1) is 10.2 Å². The summed E-state index contributed by atoms with van der Waals surface area (Å²) in [6.45, 7) is 1.43. The molecule has 0 saturated heterocycles. The second kappa shape index (κ2) is 5.56. The Morgan fingerprint density at radius 1 is 1.05 bits per heavy atom. The van der Waals surface area contributed by atoms with Crippen molar-refractivity contribution in [2.75, 3.05) is 5.84 Å². The molecule has 22 heavy (non-hydrogen) atoms. The summed E-state index contributed by atoms with van der Waals surface area (Å²) in [6, 6.07) is 11.0. The Kier molecular flexibility index (Phi) is 3.44. The number of carbonyl (C=O) groups is 1. The molecule has 0 aliphatic carbocycles. The van der Waals surface area contributed by atoms with E-state index in [-0.39, 0.29) is 5.91 Å². The molecule has 0 bridgehead atoms. The van der Waals surface area contributed by atoms with Gasteiger partial charge < -0.3 is 5.84 Å². The molecule has 2 N–H and O–H groups in total. The first kappa shape index (κ1) is 13.6. The highest BCUT2D eigenvalue weighted by Crippen LogP contribution is 2.06. The van der Waals surface area contributed by atoms with Gasteiger partial charge in [0.05, 0.1) is 0 Å². The Morgan fingerprint density at radius 2 is 1.82 bits per heavy atom. The molecule has 9 heteroatoms. The van der Waals surface area contributed by atoms with Gasteiger partial charge >= 0.3 is 0 Å². The minimum absolute atomic E-state index is 0.162. The Labute approximate surface area is 124 Å². The zero-order valence-corrected chi connectivity index (χ0v) is 11.7. The molecule has 0 radical (unpaired) electrons. The first-order valence-electron chi connectivity index (χ1n) is 6.39. The van der Waals surface area contributed by atoms with Crippen molar-refractivity contribution in [3.63, 3.8) is 0 Å². The smallest absolute Gasteiger partial charge is 0.245 e. The summed E-state index contributed by atoms with van der Waals surface area (Å²) in [5, 5.41) is 14.8. The molecule has 3 heterocycles. The lowest BCUT2D eigenvalue weighted by Crippen LogP contribution is -2.09. The van der Waals surface area contributed by atoms with Crippen molar-refractivity contribution in [2.45, 2.75) is 6.92 Å². The van der Waals surface area contributed by atoms with E-state index in [1.165, 1.54) is 16.4 Å². The molecule has 0 amide bonds. The molecule has 0 atom stereocenters. The molecular formula is C13H12N8O. The molecule has 0 saturated carbocycles. The van der Waals surface area contributed by atoms with Crippen LogP contribution in [0.3, 0.4) is 0 Å². The Balaban J connectivity index is 0.000000133. The van der Waals surface area contributed by atoms with Gasteiger partial charge in [0, 0.05) is 13.1 Å². The largest absolute Gasteiger partial charge is 0.321 e. The first-order chi connectivity index (χ1) is 10.7. The van der Waals surface area contributed by atoms with Crippen LogP contribution in [0.15, 0.2) is 42.6 Å². The predicted molar refractivity (Wildman–Crippen MR) is 79.3 cm³/mol. The van der Waals surface area contributed by atoms with Crippen molar-refractivity contribution in [1.29, 1.82) is 0 Å². The number of hydrogen-bond acceptors (Lipinski definition) is 7. The summed E-state index contributed by atoms with van der Waals surface area (Å²) in [7, 11) is 0. The van der Waals surface area contributed by atoms with E-state index in [0.29, 0.717) is 11.2 Å². The highest BCUT2D eigenvalue weighted by Gasteiger charge is 2.06. The number of aromatic nitrogens is 7. The zero-order chi connectivity index (χ0) is 15.5. The second-order valence-corrected chi connectivity index (χ2v) is 4.39. The second-order valence-electron chi connectivity index (χ2n) is 4.39. The molecule has 3 aromatic heterocycles. The molecule has 1 aromatic carbocycles. The quantitative estimate of drug-likeness (QED) is 0.473. The van der Waals surface area contributed by atoms with Crippen molar-refractivity contribution in [2.24, 2.45) is 0 Å². The maximum atomic E-state index is 11.0. The van der Waals surface area contributed by atoms with Gasteiger partial charge in [0.25, 0.3) is 0 Å². The molecule has 0 fully saturated rings. The molecule has 4 aromatic rings. The molecule has 0 spiro atoms. The number of rotatable bonds is 0. The maximum absolute atomic E-state index is 11.0. The standard InChI is InChI=1S/C7H6N4O.C6H6N4/c1-5(12)11-6-3-2-4-8-7(6)9-10-11;7-10-6-4-2-1-3-5(6)8-9-10/h2-4H,1H3;1-4H,7H2. The van der Waals surface area contributed by atoms with E-state index in [9.17, 15) is 4.79 Å². The third kappa shape index (κ3) is 2.46. The highest BCUT2D eigenvalue weighted by molar-refractivity contribution is 5.85. The third-order valence-electron chi connectivity index (χ3n) is 2.90. The Morgan fingerprint density at radius 3 is 2.59 bits per heavy atom. The van der Waals surface area contributed by atoms with E-state index in [1.54, 1.807) is 18.3 Å². The van der Waals surface area contributed by atoms with Gasteiger partial charge in [-0.1, -0.05) is 17.3 Å². The van der Waals surface area contributed by atoms with Crippen LogP contribution in [-0.2, 0) is 0 Å². The zero-order valence-electron chi connectivity index (χ0n) is 11.7. The van der Waals surface area contributed by atoms with E-state index in [1.807, 2.05) is 24.3 Å². The number of pyridine rings is 1. The summed E-state index contributed by atoms with van der Waals surface area (Å²) < 4.78 is 1.22. The van der Waals surface area contributed by atoms with Crippen molar-refractivity contribution >= 4 is 28.1 Å². The van der Waals surface area contributed by atoms with E-state index in [2.05, 4.69) is 25.6 Å². The normalized spacial score (nSPS) is 10.4. The van der Waals surface area contributed by atoms with Gasteiger partial charge in [0.15, 0.2) is 0 Å². The molecule has 0 aliphatic rings. The maximum Gasteiger partial charge on any atom is 0.245 e. The van der Waals surface area contributed by atoms with Gasteiger partial charge in [-0.2, -0.15) is 9.47 Å². The fraction of sp³-hybridized carbons (Fsp3) is 0.0769. The number of para-hydroxylation sites is 1. The number of hydrogen-bond donors (Lipinski definition) is 1. The molecule has 0 unspecified atom stereocenters. The molecule has 0 aliphatic heterocycles. The highest BCUT2D eigenvalue weighted by atomic mass is 16.2. The number of nitrogens with zero attached hydrogens (tertiary/aromatic N) is 7. The van der Waals surface area contributed by atoms with Crippen LogP contribution in [0, 0.1) is 0 Å². The van der Waals surface area contributed by atoms with E-state index < -0.39 is 0 Å². The average molecular weight is 296 g/mol. The molecule has 110 valence electrons. The van der Waals surface area contributed by atoms with Gasteiger partial charge in [-0.3, -0.25) is 4.79 Å². The summed E-state index contributed by atoms with van der Waals surface area (Å²) in [6.07, 6.45) is 1.61. The van der Waals surface area contributed by atoms with Crippen LogP contribution in [-0.4, -0.2) is 41.0 Å². The van der Waals surface area contributed by atoms with Gasteiger partial charge in [0.2, 0.25) is 11.6 Å². The van der Waals surface area contributed by atoms with Crippen LogP contribution in [0.4, 0.5) is 0 Å². The minimum Gasteiger partial charge on any atom is -0.321 e. The summed E-state index contributed by atoms with van der Waals surface area (Å²) >= 11 is 0. The van der Waals surface area contributed by atoms with Crippen LogP contribution < -0.4 is 5.84 Å². The Bertz CT molecular complexity index is 941. The van der Waals surface area contributed by atoms with Crippen molar-refractivity contribution < 1.29 is 4.79 Å². The third-order valence-corrected chi connectivity index (χ3v) is 2.90. The fourth-order valence-electron chi connectivity index (χ4n) is 1.89. The predicted octanol–water partition coefficient (Wildman–Crippen LogP) is 0.631. The van der Waals surface area contributed by atoms with E-state index in [4.69, 9.17) is 5.84 Å². The molecular weight excluding hydrogens is 284 g/mol. The topological polar surface area (TPSA) is 117 Å². The number of fused-ring (bicyclic) bond motifs is 2. The first-order valence-corrected chi connectivity index (χ1v) is 6.39. The van der Waals surface area contributed by atoms with Crippen LogP contribution in [0.2, 0.25) is 0 Å².